The number of carbonyl (C=O) groups excluding carboxylic acids is 1. The van der Waals surface area contributed by atoms with Gasteiger partial charge in [0.1, 0.15) is 0 Å². The highest BCUT2D eigenvalue weighted by Crippen LogP contribution is 2.16. The minimum absolute atomic E-state index is 0.202. The lowest BCUT2D eigenvalue weighted by atomic mass is 10.2. The lowest BCUT2D eigenvalue weighted by Crippen LogP contribution is -2.22. The zero-order valence-electron chi connectivity index (χ0n) is 8.43. The van der Waals surface area contributed by atoms with Crippen LogP contribution in [-0.2, 0) is 0 Å². The van der Waals surface area contributed by atoms with Gasteiger partial charge in [-0.1, -0.05) is 54.2 Å². The Hall–Kier alpha value is -1.22. The highest BCUT2D eigenvalue weighted by Gasteiger charge is 2.18. The molecule has 0 radical (unpaired) electrons. The second-order valence-corrected chi connectivity index (χ2v) is 4.42. The van der Waals surface area contributed by atoms with Crippen LogP contribution in [0.4, 0.5) is 4.79 Å². The second-order valence-electron chi connectivity index (χ2n) is 3.37. The summed E-state index contributed by atoms with van der Waals surface area (Å²) in [5, 5.41) is 0.202. The average Bonchev–Trinajstić information content (AvgIpc) is 2.66. The number of nitrogens with zero attached hydrogens (tertiary/aromatic N) is 1. The van der Waals surface area contributed by atoms with E-state index in [0.717, 1.165) is 18.8 Å². The number of hydrogen-bond donors (Lipinski definition) is 0. The van der Waals surface area contributed by atoms with Crippen LogP contribution >= 0.6 is 11.8 Å². The Morgan fingerprint density at radius 3 is 2.80 bits per heavy atom. The van der Waals surface area contributed by atoms with Crippen molar-refractivity contribution in [2.45, 2.75) is 0 Å². The average molecular weight is 219 g/mol. The molecule has 0 bridgehead atoms. The number of amides is 1. The van der Waals surface area contributed by atoms with E-state index in [9.17, 15) is 4.79 Å². The highest BCUT2D eigenvalue weighted by atomic mass is 32.2. The predicted octanol–water partition coefficient (Wildman–Crippen LogP) is 2.87. The van der Waals surface area contributed by atoms with Gasteiger partial charge in [-0.2, -0.15) is 0 Å². The van der Waals surface area contributed by atoms with Gasteiger partial charge in [-0.3, -0.25) is 4.79 Å². The topological polar surface area (TPSA) is 20.3 Å². The third kappa shape index (κ3) is 2.86. The summed E-state index contributed by atoms with van der Waals surface area (Å²) in [7, 11) is 0. The van der Waals surface area contributed by atoms with Crippen molar-refractivity contribution in [1.29, 1.82) is 0 Å². The molecule has 0 N–H and O–H groups in total. The van der Waals surface area contributed by atoms with Gasteiger partial charge in [-0.25, -0.2) is 0 Å². The molecule has 0 atom stereocenters. The van der Waals surface area contributed by atoms with Crippen LogP contribution in [0.3, 0.4) is 0 Å². The number of hydrogen-bond acceptors (Lipinski definition) is 2. The Labute approximate surface area is 94.0 Å². The highest BCUT2D eigenvalue weighted by molar-refractivity contribution is 8.13. The van der Waals surface area contributed by atoms with Gasteiger partial charge in [0.05, 0.1) is 0 Å². The van der Waals surface area contributed by atoms with Gasteiger partial charge in [0.2, 0.25) is 0 Å². The SMILES string of the molecule is O=C1SCCN1C/C=C/c1ccccc1. The van der Waals surface area contributed by atoms with E-state index in [4.69, 9.17) is 0 Å². The lowest BCUT2D eigenvalue weighted by molar-refractivity contribution is 0.234. The monoisotopic (exact) mass is 219 g/mol. The van der Waals surface area contributed by atoms with Crippen molar-refractivity contribution in [2.75, 3.05) is 18.8 Å². The minimum Gasteiger partial charge on any atom is -0.329 e. The molecular formula is C12H13NOS. The van der Waals surface area contributed by atoms with Gasteiger partial charge >= 0.3 is 0 Å². The van der Waals surface area contributed by atoms with Crippen molar-refractivity contribution in [3.8, 4) is 0 Å². The van der Waals surface area contributed by atoms with Crippen LogP contribution in [0.25, 0.3) is 6.08 Å². The van der Waals surface area contributed by atoms with E-state index in [1.165, 1.54) is 17.3 Å². The second kappa shape index (κ2) is 5.03. The van der Waals surface area contributed by atoms with E-state index >= 15 is 0 Å². The molecule has 1 aromatic rings. The molecule has 15 heavy (non-hydrogen) atoms. The fourth-order valence-electron chi connectivity index (χ4n) is 1.47. The van der Waals surface area contributed by atoms with Gasteiger partial charge in [-0.15, -0.1) is 0 Å². The molecule has 1 aliphatic rings. The van der Waals surface area contributed by atoms with E-state index in [1.807, 2.05) is 29.2 Å². The number of carbonyl (C=O) groups is 1. The maximum Gasteiger partial charge on any atom is 0.282 e. The van der Waals surface area contributed by atoms with Crippen LogP contribution in [0.2, 0.25) is 0 Å². The van der Waals surface area contributed by atoms with Crippen LogP contribution in [0.5, 0.6) is 0 Å². The Kier molecular flexibility index (Phi) is 3.45. The first-order chi connectivity index (χ1) is 7.36. The molecule has 1 aromatic carbocycles. The molecular weight excluding hydrogens is 206 g/mol. The summed E-state index contributed by atoms with van der Waals surface area (Å²) in [6.07, 6.45) is 4.09. The summed E-state index contributed by atoms with van der Waals surface area (Å²) in [6.45, 7) is 1.60. The van der Waals surface area contributed by atoms with E-state index in [2.05, 4.69) is 18.2 Å². The summed E-state index contributed by atoms with van der Waals surface area (Å²) in [4.78, 5) is 13.1. The Morgan fingerprint density at radius 2 is 2.13 bits per heavy atom. The van der Waals surface area contributed by atoms with Crippen LogP contribution < -0.4 is 0 Å². The quantitative estimate of drug-likeness (QED) is 0.779. The number of thioether (sulfide) groups is 1. The van der Waals surface area contributed by atoms with Gasteiger partial charge in [0.15, 0.2) is 0 Å². The fourth-order valence-corrected chi connectivity index (χ4v) is 2.31. The summed E-state index contributed by atoms with van der Waals surface area (Å²) >= 11 is 1.40. The van der Waals surface area contributed by atoms with Crippen molar-refractivity contribution in [1.82, 2.24) is 4.90 Å². The smallest absolute Gasteiger partial charge is 0.282 e. The molecule has 1 fully saturated rings. The van der Waals surface area contributed by atoms with Crippen LogP contribution in [0, 0.1) is 0 Å². The molecule has 0 aromatic heterocycles. The normalized spacial score (nSPS) is 16.5. The van der Waals surface area contributed by atoms with Gasteiger partial charge in [0.25, 0.3) is 5.24 Å². The zero-order chi connectivity index (χ0) is 10.5. The molecule has 1 amide bonds. The van der Waals surface area contributed by atoms with E-state index < -0.39 is 0 Å². The van der Waals surface area contributed by atoms with Crippen molar-refractivity contribution in [2.24, 2.45) is 0 Å². The summed E-state index contributed by atoms with van der Waals surface area (Å²) in [6, 6.07) is 10.1. The van der Waals surface area contributed by atoms with Gasteiger partial charge < -0.3 is 4.90 Å². The first kappa shape index (κ1) is 10.3. The summed E-state index contributed by atoms with van der Waals surface area (Å²) in [5.41, 5.74) is 1.18. The maximum absolute atomic E-state index is 11.3. The largest absolute Gasteiger partial charge is 0.329 e. The Bertz CT molecular complexity index is 361. The Morgan fingerprint density at radius 1 is 1.33 bits per heavy atom. The number of rotatable bonds is 3. The number of benzene rings is 1. The standard InChI is InChI=1S/C12H13NOS/c14-12-13(9-10-15-12)8-4-7-11-5-2-1-3-6-11/h1-7H,8-10H2/b7-4+. The van der Waals surface area contributed by atoms with Gasteiger partial charge in [-0.05, 0) is 5.56 Å². The molecule has 2 rings (SSSR count). The maximum atomic E-state index is 11.3. The Balaban J connectivity index is 1.88. The van der Waals surface area contributed by atoms with E-state index in [-0.39, 0.29) is 5.24 Å². The molecule has 1 aliphatic heterocycles. The van der Waals surface area contributed by atoms with Crippen molar-refractivity contribution >= 4 is 23.1 Å². The summed E-state index contributed by atoms with van der Waals surface area (Å²) < 4.78 is 0. The molecule has 1 saturated heterocycles. The third-order valence-electron chi connectivity index (χ3n) is 2.28. The van der Waals surface area contributed by atoms with Crippen LogP contribution in [-0.4, -0.2) is 29.0 Å². The lowest BCUT2D eigenvalue weighted by Gasteiger charge is -2.10. The van der Waals surface area contributed by atoms with Crippen LogP contribution in [0.15, 0.2) is 36.4 Å². The molecule has 78 valence electrons. The first-order valence-electron chi connectivity index (χ1n) is 4.99. The summed E-state index contributed by atoms with van der Waals surface area (Å²) in [5.74, 6) is 0.929. The van der Waals surface area contributed by atoms with Crippen LogP contribution in [0.1, 0.15) is 5.56 Å². The minimum atomic E-state index is 0.202. The molecule has 2 nitrogen and oxygen atoms in total. The molecule has 0 spiro atoms. The first-order valence-corrected chi connectivity index (χ1v) is 5.98. The molecule has 1 heterocycles. The van der Waals surface area contributed by atoms with Gasteiger partial charge in [0, 0.05) is 18.8 Å². The zero-order valence-corrected chi connectivity index (χ0v) is 9.24. The third-order valence-corrected chi connectivity index (χ3v) is 3.17. The molecule has 0 aliphatic carbocycles. The fraction of sp³-hybridized carbons (Fsp3) is 0.250. The van der Waals surface area contributed by atoms with Crippen molar-refractivity contribution in [3.05, 3.63) is 42.0 Å². The molecule has 3 heteroatoms. The van der Waals surface area contributed by atoms with Crippen molar-refractivity contribution < 1.29 is 4.79 Å². The molecule has 0 saturated carbocycles. The van der Waals surface area contributed by atoms with E-state index in [0.29, 0.717) is 0 Å². The van der Waals surface area contributed by atoms with E-state index in [1.54, 1.807) is 0 Å². The predicted molar refractivity (Wildman–Crippen MR) is 64.9 cm³/mol. The van der Waals surface area contributed by atoms with Crippen molar-refractivity contribution in [3.63, 3.8) is 0 Å². The molecule has 0 unspecified atom stereocenters.